The number of aromatic nitrogens is 1. The number of pyridine rings is 1. The van der Waals surface area contributed by atoms with Crippen LogP contribution in [0.2, 0.25) is 0 Å². The lowest BCUT2D eigenvalue weighted by atomic mass is 10.3. The zero-order chi connectivity index (χ0) is 15.3. The molecule has 4 nitrogen and oxygen atoms in total. The summed E-state index contributed by atoms with van der Waals surface area (Å²) < 4.78 is 22.8. The molecule has 0 spiro atoms. The van der Waals surface area contributed by atoms with Crippen LogP contribution in [0.1, 0.15) is 12.5 Å². The molecule has 0 saturated carbocycles. The SMILES string of the molecule is CCNc1ccc(CSc2ccc(S(C)(=O)=O)cc2)cn1. The molecule has 1 aromatic heterocycles. The third-order valence-corrected chi connectivity index (χ3v) is 5.05. The van der Waals surface area contributed by atoms with Gasteiger partial charge in [0.1, 0.15) is 5.82 Å². The van der Waals surface area contributed by atoms with Crippen LogP contribution in [0.5, 0.6) is 0 Å². The van der Waals surface area contributed by atoms with Gasteiger partial charge in [-0.15, -0.1) is 11.8 Å². The van der Waals surface area contributed by atoms with Crippen molar-refractivity contribution in [2.75, 3.05) is 18.1 Å². The molecule has 2 aromatic rings. The minimum absolute atomic E-state index is 0.350. The summed E-state index contributed by atoms with van der Waals surface area (Å²) in [7, 11) is -3.12. The number of benzene rings is 1. The molecule has 112 valence electrons. The Morgan fingerprint density at radius 3 is 2.38 bits per heavy atom. The van der Waals surface area contributed by atoms with Crippen LogP contribution >= 0.6 is 11.8 Å². The summed E-state index contributed by atoms with van der Waals surface area (Å²) in [5, 5.41) is 3.15. The Kier molecular flexibility index (Phi) is 5.25. The van der Waals surface area contributed by atoms with Crippen molar-refractivity contribution in [3.05, 3.63) is 48.2 Å². The summed E-state index contributed by atoms with van der Waals surface area (Å²) in [5.74, 6) is 1.68. The number of rotatable bonds is 6. The predicted octanol–water partition coefficient (Wildman–Crippen LogP) is 3.21. The lowest BCUT2D eigenvalue weighted by Gasteiger charge is -2.05. The van der Waals surface area contributed by atoms with Gasteiger partial charge in [-0.05, 0) is 42.8 Å². The van der Waals surface area contributed by atoms with Gasteiger partial charge in [0.2, 0.25) is 0 Å². The Morgan fingerprint density at radius 2 is 1.86 bits per heavy atom. The number of nitrogens with zero attached hydrogens (tertiary/aromatic N) is 1. The van der Waals surface area contributed by atoms with Gasteiger partial charge in [0.25, 0.3) is 0 Å². The molecule has 0 unspecified atom stereocenters. The zero-order valence-electron chi connectivity index (χ0n) is 12.0. The van der Waals surface area contributed by atoms with Gasteiger partial charge >= 0.3 is 0 Å². The largest absolute Gasteiger partial charge is 0.370 e. The van der Waals surface area contributed by atoms with E-state index in [9.17, 15) is 8.42 Å². The molecule has 2 rings (SSSR count). The Balaban J connectivity index is 1.96. The summed E-state index contributed by atoms with van der Waals surface area (Å²) in [5.41, 5.74) is 1.13. The summed E-state index contributed by atoms with van der Waals surface area (Å²) in [6.07, 6.45) is 3.07. The van der Waals surface area contributed by atoms with Crippen LogP contribution in [0.3, 0.4) is 0 Å². The van der Waals surface area contributed by atoms with Crippen molar-refractivity contribution in [3.8, 4) is 0 Å². The van der Waals surface area contributed by atoms with Gasteiger partial charge < -0.3 is 5.32 Å². The Morgan fingerprint density at radius 1 is 1.14 bits per heavy atom. The van der Waals surface area contributed by atoms with Crippen molar-refractivity contribution >= 4 is 27.4 Å². The molecule has 6 heteroatoms. The van der Waals surface area contributed by atoms with Crippen LogP contribution in [-0.2, 0) is 15.6 Å². The number of anilines is 1. The fourth-order valence-electron chi connectivity index (χ4n) is 1.75. The molecule has 0 aliphatic carbocycles. The summed E-state index contributed by atoms with van der Waals surface area (Å²) in [6.45, 7) is 2.89. The molecule has 0 amide bonds. The van der Waals surface area contributed by atoms with Gasteiger partial charge in [0.05, 0.1) is 4.90 Å². The predicted molar refractivity (Wildman–Crippen MR) is 87.5 cm³/mol. The Hall–Kier alpha value is -1.53. The van der Waals surface area contributed by atoms with E-state index in [-0.39, 0.29) is 0 Å². The average molecular weight is 322 g/mol. The van der Waals surface area contributed by atoms with Crippen LogP contribution in [0.15, 0.2) is 52.4 Å². The molecule has 0 atom stereocenters. The smallest absolute Gasteiger partial charge is 0.175 e. The molecule has 0 saturated heterocycles. The van der Waals surface area contributed by atoms with Gasteiger partial charge in [-0.3, -0.25) is 0 Å². The van der Waals surface area contributed by atoms with E-state index < -0.39 is 9.84 Å². The average Bonchev–Trinajstić information content (AvgIpc) is 2.46. The minimum atomic E-state index is -3.12. The third-order valence-electron chi connectivity index (χ3n) is 2.84. The fraction of sp³-hybridized carbons (Fsp3) is 0.267. The van der Waals surface area contributed by atoms with E-state index in [1.165, 1.54) is 6.26 Å². The van der Waals surface area contributed by atoms with Crippen molar-refractivity contribution in [2.45, 2.75) is 22.5 Å². The summed E-state index contributed by atoms with van der Waals surface area (Å²) in [4.78, 5) is 5.71. The van der Waals surface area contributed by atoms with Gasteiger partial charge in [0.15, 0.2) is 9.84 Å². The van der Waals surface area contributed by atoms with E-state index in [1.807, 2.05) is 37.4 Å². The maximum absolute atomic E-state index is 11.4. The number of hydrogen-bond acceptors (Lipinski definition) is 5. The quantitative estimate of drug-likeness (QED) is 0.828. The second-order valence-electron chi connectivity index (χ2n) is 4.61. The number of thioether (sulfide) groups is 1. The summed E-state index contributed by atoms with van der Waals surface area (Å²) >= 11 is 1.66. The number of nitrogens with one attached hydrogen (secondary N) is 1. The second kappa shape index (κ2) is 6.95. The Bertz CT molecular complexity index is 681. The molecule has 0 fully saturated rings. The van der Waals surface area contributed by atoms with Gasteiger partial charge in [-0.2, -0.15) is 0 Å². The second-order valence-corrected chi connectivity index (χ2v) is 7.68. The minimum Gasteiger partial charge on any atom is -0.370 e. The first-order chi connectivity index (χ1) is 9.99. The molecule has 0 bridgehead atoms. The normalized spacial score (nSPS) is 11.3. The fourth-order valence-corrected chi connectivity index (χ4v) is 3.21. The van der Waals surface area contributed by atoms with E-state index in [2.05, 4.69) is 10.3 Å². The van der Waals surface area contributed by atoms with Gasteiger partial charge in [-0.25, -0.2) is 13.4 Å². The van der Waals surface area contributed by atoms with Gasteiger partial charge in [-0.1, -0.05) is 6.07 Å². The van der Waals surface area contributed by atoms with Crippen molar-refractivity contribution in [2.24, 2.45) is 0 Å². The van der Waals surface area contributed by atoms with Crippen LogP contribution in [-0.4, -0.2) is 26.2 Å². The van der Waals surface area contributed by atoms with Crippen LogP contribution in [0.4, 0.5) is 5.82 Å². The van der Waals surface area contributed by atoms with E-state index in [0.717, 1.165) is 28.6 Å². The van der Waals surface area contributed by atoms with E-state index >= 15 is 0 Å². The summed E-state index contributed by atoms with van der Waals surface area (Å²) in [6, 6.07) is 11.0. The molecular formula is C15H18N2O2S2. The van der Waals surface area contributed by atoms with E-state index in [1.54, 1.807) is 23.9 Å². The van der Waals surface area contributed by atoms with Crippen LogP contribution < -0.4 is 5.32 Å². The molecular weight excluding hydrogens is 304 g/mol. The molecule has 1 heterocycles. The molecule has 1 N–H and O–H groups in total. The van der Waals surface area contributed by atoms with Crippen LogP contribution in [0.25, 0.3) is 0 Å². The van der Waals surface area contributed by atoms with Gasteiger partial charge in [0, 0.05) is 29.6 Å². The first kappa shape index (κ1) is 15.9. The maximum atomic E-state index is 11.4. The highest BCUT2D eigenvalue weighted by Crippen LogP contribution is 2.24. The molecule has 0 aliphatic rings. The number of sulfone groups is 1. The Labute approximate surface area is 129 Å². The van der Waals surface area contributed by atoms with Crippen molar-refractivity contribution in [1.29, 1.82) is 0 Å². The maximum Gasteiger partial charge on any atom is 0.175 e. The first-order valence-corrected chi connectivity index (χ1v) is 9.48. The highest BCUT2D eigenvalue weighted by molar-refractivity contribution is 7.98. The molecule has 1 aromatic carbocycles. The van der Waals surface area contributed by atoms with Crippen molar-refractivity contribution < 1.29 is 8.42 Å². The monoisotopic (exact) mass is 322 g/mol. The zero-order valence-corrected chi connectivity index (χ0v) is 13.7. The lowest BCUT2D eigenvalue weighted by molar-refractivity contribution is 0.602. The van der Waals surface area contributed by atoms with Crippen molar-refractivity contribution in [3.63, 3.8) is 0 Å². The lowest BCUT2D eigenvalue weighted by Crippen LogP contribution is -1.98. The molecule has 0 radical (unpaired) electrons. The standard InChI is InChI=1S/C15H18N2O2S2/c1-3-16-15-9-4-12(10-17-15)11-20-13-5-7-14(8-6-13)21(2,18)19/h4-10H,3,11H2,1-2H3,(H,16,17). The molecule has 21 heavy (non-hydrogen) atoms. The van der Waals surface area contributed by atoms with Crippen LogP contribution in [0, 0.1) is 0 Å². The topological polar surface area (TPSA) is 59.1 Å². The highest BCUT2D eigenvalue weighted by Gasteiger charge is 2.06. The first-order valence-electron chi connectivity index (χ1n) is 6.61. The van der Waals surface area contributed by atoms with E-state index in [4.69, 9.17) is 0 Å². The third kappa shape index (κ3) is 4.75. The molecule has 0 aliphatic heterocycles. The highest BCUT2D eigenvalue weighted by atomic mass is 32.2. The van der Waals surface area contributed by atoms with Crippen molar-refractivity contribution in [1.82, 2.24) is 4.98 Å². The van der Waals surface area contributed by atoms with E-state index in [0.29, 0.717) is 4.90 Å². The number of hydrogen-bond donors (Lipinski definition) is 1.